The van der Waals surface area contributed by atoms with Crippen molar-refractivity contribution >= 4 is 11.8 Å². The van der Waals surface area contributed by atoms with Crippen LogP contribution in [0.4, 0.5) is 0 Å². The number of nitrogens with zero attached hydrogens (tertiary/aromatic N) is 1. The molecule has 0 bridgehead atoms. The number of likely N-dealkylation sites (tertiary alicyclic amines) is 1. The Morgan fingerprint density at radius 3 is 2.41 bits per heavy atom. The Balaban J connectivity index is 1.42. The highest BCUT2D eigenvalue weighted by molar-refractivity contribution is 5.97. The summed E-state index contributed by atoms with van der Waals surface area (Å²) in [7, 11) is 0. The van der Waals surface area contributed by atoms with Gasteiger partial charge in [-0.25, -0.2) is 0 Å². The molecule has 27 heavy (non-hydrogen) atoms. The van der Waals surface area contributed by atoms with E-state index in [2.05, 4.69) is 5.32 Å². The van der Waals surface area contributed by atoms with Gasteiger partial charge in [-0.15, -0.1) is 0 Å². The van der Waals surface area contributed by atoms with E-state index in [4.69, 9.17) is 4.74 Å². The van der Waals surface area contributed by atoms with Crippen molar-refractivity contribution in [1.29, 1.82) is 0 Å². The van der Waals surface area contributed by atoms with E-state index in [-0.39, 0.29) is 17.4 Å². The van der Waals surface area contributed by atoms with E-state index in [1.165, 1.54) is 0 Å². The Morgan fingerprint density at radius 2 is 1.70 bits per heavy atom. The Kier molecular flexibility index (Phi) is 4.84. The molecule has 2 aromatic carbocycles. The van der Waals surface area contributed by atoms with E-state index < -0.39 is 0 Å². The minimum absolute atomic E-state index is 0.00200. The third-order valence-corrected chi connectivity index (χ3v) is 5.60. The number of hydrogen-bond donors (Lipinski definition) is 1. The molecule has 2 aliphatic heterocycles. The molecule has 0 aliphatic carbocycles. The van der Waals surface area contributed by atoms with Gasteiger partial charge >= 0.3 is 0 Å². The van der Waals surface area contributed by atoms with Crippen LogP contribution in [-0.2, 0) is 11.4 Å². The summed E-state index contributed by atoms with van der Waals surface area (Å²) in [6, 6.07) is 17.3. The van der Waals surface area contributed by atoms with Crippen LogP contribution in [0.1, 0.15) is 41.6 Å². The first kappa shape index (κ1) is 17.6. The number of carbonyl (C=O) groups excluding carboxylic acids is 2. The molecule has 0 radical (unpaired) electrons. The Labute approximate surface area is 159 Å². The molecule has 5 nitrogen and oxygen atoms in total. The second-order valence-corrected chi connectivity index (χ2v) is 7.39. The molecule has 140 valence electrons. The lowest BCUT2D eigenvalue weighted by atomic mass is 9.86. The predicted octanol–water partition coefficient (Wildman–Crippen LogP) is 3.15. The molecule has 4 rings (SSSR count). The van der Waals surface area contributed by atoms with Crippen molar-refractivity contribution in [2.75, 3.05) is 13.1 Å². The number of nitrogens with one attached hydrogen (secondary N) is 1. The summed E-state index contributed by atoms with van der Waals surface area (Å²) in [4.78, 5) is 26.5. The van der Waals surface area contributed by atoms with E-state index in [0.29, 0.717) is 37.4 Å². The number of rotatable bonds is 4. The largest absolute Gasteiger partial charge is 0.488 e. The van der Waals surface area contributed by atoms with Crippen molar-refractivity contribution in [3.8, 4) is 5.75 Å². The molecule has 0 saturated carbocycles. The van der Waals surface area contributed by atoms with Gasteiger partial charge in [0.2, 0.25) is 5.91 Å². The van der Waals surface area contributed by atoms with Crippen LogP contribution in [0.15, 0.2) is 54.6 Å². The number of benzene rings is 2. The molecule has 2 aromatic rings. The maximum absolute atomic E-state index is 13.1. The summed E-state index contributed by atoms with van der Waals surface area (Å²) in [5.41, 5.74) is 1.56. The zero-order chi connectivity index (χ0) is 18.7. The number of carbonyl (C=O) groups is 2. The van der Waals surface area contributed by atoms with E-state index in [1.54, 1.807) is 0 Å². The number of para-hydroxylation sites is 1. The molecule has 0 aromatic heterocycles. The van der Waals surface area contributed by atoms with Crippen LogP contribution in [0, 0.1) is 0 Å². The molecule has 2 fully saturated rings. The molecule has 0 atom stereocenters. The van der Waals surface area contributed by atoms with Crippen LogP contribution in [0.25, 0.3) is 0 Å². The van der Waals surface area contributed by atoms with Crippen molar-refractivity contribution in [3.63, 3.8) is 0 Å². The van der Waals surface area contributed by atoms with Crippen molar-refractivity contribution in [1.82, 2.24) is 10.2 Å². The highest BCUT2D eigenvalue weighted by Gasteiger charge is 2.41. The number of amides is 2. The molecule has 2 saturated heterocycles. The van der Waals surface area contributed by atoms with Gasteiger partial charge in [0.15, 0.2) is 0 Å². The summed E-state index contributed by atoms with van der Waals surface area (Å²) in [5, 5.41) is 3.12. The third-order valence-electron chi connectivity index (χ3n) is 5.60. The summed E-state index contributed by atoms with van der Waals surface area (Å²) in [6.07, 6.45) is 3.11. The van der Waals surface area contributed by atoms with Crippen LogP contribution in [-0.4, -0.2) is 35.3 Å². The van der Waals surface area contributed by atoms with E-state index in [9.17, 15) is 9.59 Å². The third kappa shape index (κ3) is 3.82. The fourth-order valence-electron chi connectivity index (χ4n) is 3.96. The van der Waals surface area contributed by atoms with Crippen LogP contribution in [0.2, 0.25) is 0 Å². The molecule has 1 spiro atoms. The van der Waals surface area contributed by atoms with Crippen molar-refractivity contribution in [3.05, 3.63) is 65.7 Å². The average molecular weight is 364 g/mol. The zero-order valence-corrected chi connectivity index (χ0v) is 15.3. The Morgan fingerprint density at radius 1 is 1.00 bits per heavy atom. The summed E-state index contributed by atoms with van der Waals surface area (Å²) in [6.45, 7) is 1.75. The quantitative estimate of drug-likeness (QED) is 0.907. The van der Waals surface area contributed by atoms with Crippen molar-refractivity contribution in [2.24, 2.45) is 0 Å². The van der Waals surface area contributed by atoms with Crippen molar-refractivity contribution < 1.29 is 14.3 Å². The van der Waals surface area contributed by atoms with Crippen molar-refractivity contribution in [2.45, 2.75) is 37.8 Å². The molecule has 0 unspecified atom stereocenters. The zero-order valence-electron chi connectivity index (χ0n) is 15.3. The summed E-state index contributed by atoms with van der Waals surface area (Å²) >= 11 is 0. The molecule has 1 N–H and O–H groups in total. The van der Waals surface area contributed by atoms with Gasteiger partial charge in [-0.3, -0.25) is 9.59 Å². The van der Waals surface area contributed by atoms with Gasteiger partial charge in [-0.1, -0.05) is 42.5 Å². The van der Waals surface area contributed by atoms with E-state index >= 15 is 0 Å². The highest BCUT2D eigenvalue weighted by atomic mass is 16.5. The maximum atomic E-state index is 13.1. The van der Waals surface area contributed by atoms with Gasteiger partial charge in [0.1, 0.15) is 12.4 Å². The Hall–Kier alpha value is -2.82. The first-order valence-corrected chi connectivity index (χ1v) is 9.51. The van der Waals surface area contributed by atoms with Crippen LogP contribution in [0.3, 0.4) is 0 Å². The monoisotopic (exact) mass is 364 g/mol. The second-order valence-electron chi connectivity index (χ2n) is 7.39. The molecular weight excluding hydrogens is 340 g/mol. The van der Waals surface area contributed by atoms with Gasteiger partial charge in [0, 0.05) is 25.0 Å². The SMILES string of the molecule is O=C1CCC2(CCN(C(=O)c3ccccc3OCc3ccccc3)CC2)N1. The van der Waals surface area contributed by atoms with Gasteiger partial charge in [0.05, 0.1) is 5.56 Å². The maximum Gasteiger partial charge on any atom is 0.257 e. The molecular formula is C22H24N2O3. The molecule has 2 amide bonds. The van der Waals surface area contributed by atoms with Crippen LogP contribution >= 0.6 is 0 Å². The number of ether oxygens (including phenoxy) is 1. The minimum atomic E-state index is -0.100. The minimum Gasteiger partial charge on any atom is -0.488 e. The highest BCUT2D eigenvalue weighted by Crippen LogP contribution is 2.32. The van der Waals surface area contributed by atoms with Gasteiger partial charge in [-0.05, 0) is 37.0 Å². The molecule has 2 heterocycles. The van der Waals surface area contributed by atoms with E-state index in [1.807, 2.05) is 59.5 Å². The lowest BCUT2D eigenvalue weighted by molar-refractivity contribution is -0.120. The predicted molar refractivity (Wildman–Crippen MR) is 102 cm³/mol. The summed E-state index contributed by atoms with van der Waals surface area (Å²) < 4.78 is 5.94. The normalized spacial score (nSPS) is 18.4. The van der Waals surface area contributed by atoms with Crippen LogP contribution < -0.4 is 10.1 Å². The smallest absolute Gasteiger partial charge is 0.257 e. The molecule has 2 aliphatic rings. The Bertz CT molecular complexity index is 826. The average Bonchev–Trinajstić information content (AvgIpc) is 3.07. The van der Waals surface area contributed by atoms with Gasteiger partial charge in [0.25, 0.3) is 5.91 Å². The standard InChI is InChI=1S/C22H24N2O3/c25-20-10-11-22(23-20)12-14-24(15-13-22)21(26)18-8-4-5-9-19(18)27-16-17-6-2-1-3-7-17/h1-9H,10-16H2,(H,23,25). The lowest BCUT2D eigenvalue weighted by Gasteiger charge is -2.39. The van der Waals surface area contributed by atoms with Crippen LogP contribution in [0.5, 0.6) is 5.75 Å². The fourth-order valence-corrected chi connectivity index (χ4v) is 3.96. The summed E-state index contributed by atoms with van der Waals surface area (Å²) in [5.74, 6) is 0.744. The molecule has 5 heteroatoms. The number of hydrogen-bond acceptors (Lipinski definition) is 3. The van der Waals surface area contributed by atoms with Gasteiger partial charge in [-0.2, -0.15) is 0 Å². The lowest BCUT2D eigenvalue weighted by Crippen LogP contribution is -2.52. The first-order valence-electron chi connectivity index (χ1n) is 9.51. The van der Waals surface area contributed by atoms with E-state index in [0.717, 1.165) is 24.8 Å². The number of piperidine rings is 1. The second kappa shape index (κ2) is 7.43. The first-order chi connectivity index (χ1) is 13.2. The van der Waals surface area contributed by atoms with Gasteiger partial charge < -0.3 is 15.0 Å². The topological polar surface area (TPSA) is 58.6 Å². The fraction of sp³-hybridized carbons (Fsp3) is 0.364.